The van der Waals surface area contributed by atoms with E-state index in [1.54, 1.807) is 33.5 Å². The molecule has 26 heavy (non-hydrogen) atoms. The lowest BCUT2D eigenvalue weighted by molar-refractivity contribution is 0.0945. The maximum absolute atomic E-state index is 12.4. The molecule has 8 heteroatoms. The van der Waals surface area contributed by atoms with Gasteiger partial charge in [-0.2, -0.15) is 0 Å². The number of hydrogen-bond acceptors (Lipinski definition) is 7. The fourth-order valence-electron chi connectivity index (χ4n) is 2.29. The largest absolute Gasteiger partial charge is 0.493 e. The van der Waals surface area contributed by atoms with Crippen LogP contribution in [0.3, 0.4) is 0 Å². The van der Waals surface area contributed by atoms with Crippen molar-refractivity contribution in [3.8, 4) is 11.5 Å². The minimum atomic E-state index is -0.278. The molecule has 1 aromatic heterocycles. The standard InChI is InChI=1S/C18H24N4O4/c1-12-9-14(22-18(21-12)19-7-8-24-2)17(23)20-11-13-5-6-15(25-3)16(10-13)26-4/h5-6,9-10H,7-8,11H2,1-4H3,(H,20,23)(H,19,21,22). The van der Waals surface area contributed by atoms with E-state index >= 15 is 0 Å². The molecule has 2 aromatic rings. The SMILES string of the molecule is COCCNc1nc(C)cc(C(=O)NCc2ccc(OC)c(OC)c2)n1. The van der Waals surface area contributed by atoms with Crippen LogP contribution in [0, 0.1) is 6.92 Å². The van der Waals surface area contributed by atoms with Crippen LogP contribution in [0.5, 0.6) is 11.5 Å². The summed E-state index contributed by atoms with van der Waals surface area (Å²) < 4.78 is 15.5. The van der Waals surface area contributed by atoms with E-state index in [4.69, 9.17) is 14.2 Å². The highest BCUT2D eigenvalue weighted by Crippen LogP contribution is 2.27. The third-order valence-corrected chi connectivity index (χ3v) is 3.58. The molecule has 0 bridgehead atoms. The molecule has 0 saturated carbocycles. The third-order valence-electron chi connectivity index (χ3n) is 3.58. The number of benzene rings is 1. The predicted molar refractivity (Wildman–Crippen MR) is 97.9 cm³/mol. The van der Waals surface area contributed by atoms with Gasteiger partial charge in [0.2, 0.25) is 5.95 Å². The van der Waals surface area contributed by atoms with Crippen LogP contribution in [0.15, 0.2) is 24.3 Å². The lowest BCUT2D eigenvalue weighted by Crippen LogP contribution is -2.25. The van der Waals surface area contributed by atoms with E-state index in [2.05, 4.69) is 20.6 Å². The quantitative estimate of drug-likeness (QED) is 0.658. The van der Waals surface area contributed by atoms with Crippen LogP contribution in [0.25, 0.3) is 0 Å². The second-order valence-corrected chi connectivity index (χ2v) is 5.51. The average molecular weight is 360 g/mol. The van der Waals surface area contributed by atoms with Gasteiger partial charge in [0, 0.05) is 25.9 Å². The van der Waals surface area contributed by atoms with Gasteiger partial charge in [0.25, 0.3) is 5.91 Å². The smallest absolute Gasteiger partial charge is 0.270 e. The lowest BCUT2D eigenvalue weighted by atomic mass is 10.2. The molecule has 1 amide bonds. The van der Waals surface area contributed by atoms with Crippen molar-refractivity contribution in [2.24, 2.45) is 0 Å². The van der Waals surface area contributed by atoms with E-state index in [9.17, 15) is 4.79 Å². The molecule has 0 saturated heterocycles. The fraction of sp³-hybridized carbons (Fsp3) is 0.389. The Bertz CT molecular complexity index is 752. The summed E-state index contributed by atoms with van der Waals surface area (Å²) in [4.78, 5) is 20.9. The molecule has 1 aromatic carbocycles. The number of anilines is 1. The second-order valence-electron chi connectivity index (χ2n) is 5.51. The number of hydrogen-bond donors (Lipinski definition) is 2. The van der Waals surface area contributed by atoms with Crippen LogP contribution < -0.4 is 20.1 Å². The first-order chi connectivity index (χ1) is 12.6. The molecular formula is C18H24N4O4. The Hall–Kier alpha value is -2.87. The monoisotopic (exact) mass is 360 g/mol. The van der Waals surface area contributed by atoms with Gasteiger partial charge in [0.1, 0.15) is 5.69 Å². The summed E-state index contributed by atoms with van der Waals surface area (Å²) in [6, 6.07) is 7.13. The number of carbonyl (C=O) groups excluding carboxylic acids is 1. The van der Waals surface area contributed by atoms with E-state index in [0.29, 0.717) is 48.5 Å². The Morgan fingerprint density at radius 1 is 1.08 bits per heavy atom. The highest BCUT2D eigenvalue weighted by atomic mass is 16.5. The number of amides is 1. The van der Waals surface area contributed by atoms with Crippen molar-refractivity contribution in [2.75, 3.05) is 39.8 Å². The number of carbonyl (C=O) groups is 1. The Balaban J connectivity index is 2.03. The minimum absolute atomic E-state index is 0.278. The van der Waals surface area contributed by atoms with Crippen LogP contribution in [0.2, 0.25) is 0 Å². The van der Waals surface area contributed by atoms with Crippen LogP contribution >= 0.6 is 0 Å². The summed E-state index contributed by atoms with van der Waals surface area (Å²) in [6.07, 6.45) is 0. The second kappa shape index (κ2) is 9.57. The fourth-order valence-corrected chi connectivity index (χ4v) is 2.29. The van der Waals surface area contributed by atoms with Crippen LogP contribution in [-0.4, -0.2) is 50.4 Å². The zero-order chi connectivity index (χ0) is 18.9. The first-order valence-corrected chi connectivity index (χ1v) is 8.15. The molecule has 2 N–H and O–H groups in total. The molecule has 0 radical (unpaired) electrons. The normalized spacial score (nSPS) is 10.3. The summed E-state index contributed by atoms with van der Waals surface area (Å²) in [6.45, 7) is 3.24. The molecular weight excluding hydrogens is 336 g/mol. The average Bonchev–Trinajstić information content (AvgIpc) is 2.65. The van der Waals surface area contributed by atoms with Gasteiger partial charge in [-0.25, -0.2) is 9.97 Å². The molecule has 0 aliphatic carbocycles. The van der Waals surface area contributed by atoms with Crippen LogP contribution in [-0.2, 0) is 11.3 Å². The van der Waals surface area contributed by atoms with Gasteiger partial charge in [0.15, 0.2) is 11.5 Å². The maximum Gasteiger partial charge on any atom is 0.270 e. The molecule has 0 unspecified atom stereocenters. The zero-order valence-electron chi connectivity index (χ0n) is 15.5. The van der Waals surface area contributed by atoms with Crippen molar-refractivity contribution < 1.29 is 19.0 Å². The highest BCUT2D eigenvalue weighted by molar-refractivity contribution is 5.92. The number of methoxy groups -OCH3 is 3. The number of rotatable bonds is 9. The van der Waals surface area contributed by atoms with E-state index in [0.717, 1.165) is 5.56 Å². The number of aromatic nitrogens is 2. The van der Waals surface area contributed by atoms with E-state index in [1.807, 2.05) is 19.1 Å². The summed E-state index contributed by atoms with van der Waals surface area (Å²) in [5.74, 6) is 1.38. The number of ether oxygens (including phenoxy) is 3. The van der Waals surface area contributed by atoms with Gasteiger partial charge in [-0.05, 0) is 30.7 Å². The predicted octanol–water partition coefficient (Wildman–Crippen LogP) is 1.79. The Kier molecular flexibility index (Phi) is 7.16. The van der Waals surface area contributed by atoms with Crippen molar-refractivity contribution >= 4 is 11.9 Å². The van der Waals surface area contributed by atoms with Gasteiger partial charge in [-0.15, -0.1) is 0 Å². The minimum Gasteiger partial charge on any atom is -0.493 e. The molecule has 0 atom stereocenters. The van der Waals surface area contributed by atoms with Crippen molar-refractivity contribution in [3.05, 3.63) is 41.2 Å². The summed E-state index contributed by atoms with van der Waals surface area (Å²) >= 11 is 0. The molecule has 0 spiro atoms. The Morgan fingerprint density at radius 3 is 2.54 bits per heavy atom. The maximum atomic E-state index is 12.4. The van der Waals surface area contributed by atoms with Gasteiger partial charge in [0.05, 0.1) is 20.8 Å². The van der Waals surface area contributed by atoms with Crippen molar-refractivity contribution in [3.63, 3.8) is 0 Å². The molecule has 140 valence electrons. The van der Waals surface area contributed by atoms with E-state index in [1.165, 1.54) is 0 Å². The summed E-state index contributed by atoms with van der Waals surface area (Å²) in [5, 5.41) is 5.87. The third kappa shape index (κ3) is 5.32. The summed E-state index contributed by atoms with van der Waals surface area (Å²) in [5.41, 5.74) is 1.90. The Labute approximate surface area is 152 Å². The van der Waals surface area contributed by atoms with Crippen molar-refractivity contribution in [1.82, 2.24) is 15.3 Å². The molecule has 8 nitrogen and oxygen atoms in total. The van der Waals surface area contributed by atoms with E-state index in [-0.39, 0.29) is 5.91 Å². The first-order valence-electron chi connectivity index (χ1n) is 8.15. The van der Waals surface area contributed by atoms with Gasteiger partial charge in [-0.1, -0.05) is 6.07 Å². The zero-order valence-corrected chi connectivity index (χ0v) is 15.5. The van der Waals surface area contributed by atoms with Crippen molar-refractivity contribution in [1.29, 1.82) is 0 Å². The summed E-state index contributed by atoms with van der Waals surface area (Å²) in [7, 11) is 4.77. The first kappa shape index (κ1) is 19.5. The van der Waals surface area contributed by atoms with Gasteiger partial charge >= 0.3 is 0 Å². The molecule has 0 fully saturated rings. The molecule has 0 aliphatic heterocycles. The van der Waals surface area contributed by atoms with Crippen LogP contribution in [0.4, 0.5) is 5.95 Å². The number of nitrogens with zero attached hydrogens (tertiary/aromatic N) is 2. The lowest BCUT2D eigenvalue weighted by Gasteiger charge is -2.11. The molecule has 2 rings (SSSR count). The highest BCUT2D eigenvalue weighted by Gasteiger charge is 2.11. The molecule has 0 aliphatic rings. The van der Waals surface area contributed by atoms with Gasteiger partial charge < -0.3 is 24.8 Å². The number of nitrogens with one attached hydrogen (secondary N) is 2. The molecule has 1 heterocycles. The van der Waals surface area contributed by atoms with Gasteiger partial charge in [-0.3, -0.25) is 4.79 Å². The van der Waals surface area contributed by atoms with Crippen molar-refractivity contribution in [2.45, 2.75) is 13.5 Å². The van der Waals surface area contributed by atoms with Crippen LogP contribution in [0.1, 0.15) is 21.7 Å². The Morgan fingerprint density at radius 2 is 1.85 bits per heavy atom. The number of aryl methyl sites for hydroxylation is 1. The topological polar surface area (TPSA) is 94.6 Å². The van der Waals surface area contributed by atoms with E-state index < -0.39 is 0 Å².